The van der Waals surface area contributed by atoms with Gasteiger partial charge in [0.1, 0.15) is 22.4 Å². The van der Waals surface area contributed by atoms with Crippen LogP contribution in [0.15, 0.2) is 10.8 Å². The molecular formula is C9H15BrN4O2. The number of nitrogens with zero attached hydrogens (tertiary/aromatic N) is 2. The number of rotatable bonds is 6. The quantitative estimate of drug-likeness (QED) is 0.810. The van der Waals surface area contributed by atoms with Crippen molar-refractivity contribution in [3.05, 3.63) is 10.8 Å². The third-order valence-corrected chi connectivity index (χ3v) is 2.78. The maximum absolute atomic E-state index is 5.62. The van der Waals surface area contributed by atoms with Crippen LogP contribution in [0.1, 0.15) is 0 Å². The molecule has 0 aliphatic rings. The Labute approximate surface area is 103 Å². The van der Waals surface area contributed by atoms with E-state index in [4.69, 9.17) is 15.2 Å². The molecule has 0 saturated heterocycles. The van der Waals surface area contributed by atoms with Crippen LogP contribution in [0.4, 0.5) is 11.6 Å². The van der Waals surface area contributed by atoms with Crippen molar-refractivity contribution in [1.29, 1.82) is 0 Å². The summed E-state index contributed by atoms with van der Waals surface area (Å²) in [5, 5.41) is 3.11. The molecule has 16 heavy (non-hydrogen) atoms. The third kappa shape index (κ3) is 3.58. The lowest BCUT2D eigenvalue weighted by Crippen LogP contribution is -2.27. The van der Waals surface area contributed by atoms with Crippen LogP contribution in [0.2, 0.25) is 0 Å². The minimum atomic E-state index is -0.0342. The molecule has 90 valence electrons. The van der Waals surface area contributed by atoms with Gasteiger partial charge in [0, 0.05) is 20.8 Å². The van der Waals surface area contributed by atoms with Gasteiger partial charge in [0.2, 0.25) is 0 Å². The van der Waals surface area contributed by atoms with E-state index >= 15 is 0 Å². The average molecular weight is 291 g/mol. The van der Waals surface area contributed by atoms with Gasteiger partial charge < -0.3 is 20.5 Å². The van der Waals surface area contributed by atoms with E-state index in [-0.39, 0.29) is 6.10 Å². The predicted octanol–water partition coefficient (Wildman–Crippen LogP) is 0.895. The van der Waals surface area contributed by atoms with Gasteiger partial charge in [-0.05, 0) is 15.9 Å². The van der Waals surface area contributed by atoms with Crippen LogP contribution in [0.3, 0.4) is 0 Å². The Morgan fingerprint density at radius 1 is 1.50 bits per heavy atom. The third-order valence-electron chi connectivity index (χ3n) is 2.00. The number of methoxy groups -OCH3 is 2. The lowest BCUT2D eigenvalue weighted by Gasteiger charge is -2.16. The summed E-state index contributed by atoms with van der Waals surface area (Å²) in [5.41, 5.74) is 5.62. The fraction of sp³-hybridized carbons (Fsp3) is 0.556. The van der Waals surface area contributed by atoms with Crippen molar-refractivity contribution in [1.82, 2.24) is 9.97 Å². The Morgan fingerprint density at radius 3 is 2.88 bits per heavy atom. The Morgan fingerprint density at radius 2 is 2.25 bits per heavy atom. The molecule has 7 heteroatoms. The number of nitrogen functional groups attached to an aromatic ring is 1. The number of nitrogens with two attached hydrogens (primary N) is 1. The largest absolute Gasteiger partial charge is 0.383 e. The molecule has 1 aromatic heterocycles. The first-order chi connectivity index (χ1) is 7.69. The second-order valence-corrected chi connectivity index (χ2v) is 3.91. The molecule has 6 nitrogen and oxygen atoms in total. The summed E-state index contributed by atoms with van der Waals surface area (Å²) in [6.45, 7) is 1.10. The van der Waals surface area contributed by atoms with Crippen LogP contribution >= 0.6 is 15.9 Å². The number of halogens is 1. The number of anilines is 2. The zero-order valence-corrected chi connectivity index (χ0v) is 10.8. The van der Waals surface area contributed by atoms with Crippen LogP contribution in [0, 0.1) is 0 Å². The highest BCUT2D eigenvalue weighted by Crippen LogP contribution is 2.23. The summed E-state index contributed by atoms with van der Waals surface area (Å²) in [5.74, 6) is 1.05. The van der Waals surface area contributed by atoms with Crippen LogP contribution in [0.5, 0.6) is 0 Å². The zero-order valence-electron chi connectivity index (χ0n) is 9.24. The van der Waals surface area contributed by atoms with Crippen LogP contribution in [-0.4, -0.2) is 43.4 Å². The van der Waals surface area contributed by atoms with Crippen molar-refractivity contribution in [3.8, 4) is 0 Å². The highest BCUT2D eigenvalue weighted by molar-refractivity contribution is 9.10. The second-order valence-electron chi connectivity index (χ2n) is 3.12. The van der Waals surface area contributed by atoms with Gasteiger partial charge in [-0.15, -0.1) is 0 Å². The first kappa shape index (κ1) is 13.1. The highest BCUT2D eigenvalue weighted by Gasteiger charge is 2.10. The minimum Gasteiger partial charge on any atom is -0.383 e. The summed E-state index contributed by atoms with van der Waals surface area (Å²) in [7, 11) is 3.26. The van der Waals surface area contributed by atoms with E-state index in [9.17, 15) is 0 Å². The lowest BCUT2D eigenvalue weighted by atomic mass is 10.3. The van der Waals surface area contributed by atoms with Crippen molar-refractivity contribution < 1.29 is 9.47 Å². The Kier molecular flexibility index (Phi) is 5.44. The second kappa shape index (κ2) is 6.62. The molecule has 1 atom stereocenters. The molecule has 0 fully saturated rings. The summed E-state index contributed by atoms with van der Waals surface area (Å²) in [6.07, 6.45) is 1.37. The van der Waals surface area contributed by atoms with Crippen molar-refractivity contribution in [2.24, 2.45) is 0 Å². The summed E-state index contributed by atoms with van der Waals surface area (Å²) in [6, 6.07) is 0. The molecule has 0 amide bonds. The van der Waals surface area contributed by atoms with Gasteiger partial charge in [-0.2, -0.15) is 0 Å². The Bertz CT molecular complexity index is 337. The molecular weight excluding hydrogens is 276 g/mol. The molecule has 0 spiro atoms. The van der Waals surface area contributed by atoms with Crippen molar-refractivity contribution in [2.45, 2.75) is 6.10 Å². The van der Waals surface area contributed by atoms with Gasteiger partial charge >= 0.3 is 0 Å². The van der Waals surface area contributed by atoms with E-state index < -0.39 is 0 Å². The van der Waals surface area contributed by atoms with Gasteiger partial charge in [0.15, 0.2) is 0 Å². The number of ether oxygens (including phenoxy) is 2. The molecule has 3 N–H and O–H groups in total. The first-order valence-corrected chi connectivity index (χ1v) is 5.50. The van der Waals surface area contributed by atoms with Gasteiger partial charge in [-0.25, -0.2) is 9.97 Å². The highest BCUT2D eigenvalue weighted by atomic mass is 79.9. The summed E-state index contributed by atoms with van der Waals surface area (Å²) >= 11 is 3.31. The number of nitrogens with one attached hydrogen (secondary N) is 1. The van der Waals surface area contributed by atoms with E-state index in [1.807, 2.05) is 0 Å². The average Bonchev–Trinajstić information content (AvgIpc) is 2.29. The molecule has 1 heterocycles. The molecule has 0 aromatic carbocycles. The molecule has 0 aliphatic heterocycles. The smallest absolute Gasteiger partial charge is 0.146 e. The normalized spacial score (nSPS) is 12.4. The molecule has 0 saturated carbocycles. The molecule has 1 rings (SSSR count). The van der Waals surface area contributed by atoms with E-state index in [1.165, 1.54) is 6.33 Å². The maximum atomic E-state index is 5.62. The van der Waals surface area contributed by atoms with Gasteiger partial charge in [-0.3, -0.25) is 0 Å². The molecule has 1 aromatic rings. The maximum Gasteiger partial charge on any atom is 0.146 e. The monoisotopic (exact) mass is 290 g/mol. The first-order valence-electron chi connectivity index (χ1n) is 4.70. The fourth-order valence-corrected chi connectivity index (χ4v) is 1.46. The van der Waals surface area contributed by atoms with Crippen LogP contribution in [-0.2, 0) is 9.47 Å². The SMILES string of the molecule is COCC(CNc1ncnc(N)c1Br)OC. The van der Waals surface area contributed by atoms with Crippen LogP contribution in [0.25, 0.3) is 0 Å². The number of aromatic nitrogens is 2. The summed E-state index contributed by atoms with van der Waals surface area (Å²) in [4.78, 5) is 7.91. The minimum absolute atomic E-state index is 0.0342. The zero-order chi connectivity index (χ0) is 12.0. The van der Waals surface area contributed by atoms with Gasteiger partial charge in [0.05, 0.1) is 12.7 Å². The standard InChI is InChI=1S/C9H15BrN4O2/c1-15-4-6(16-2)3-12-9-7(10)8(11)13-5-14-9/h5-6H,3-4H2,1-2H3,(H3,11,12,13,14). The number of hydrogen-bond acceptors (Lipinski definition) is 6. The van der Waals surface area contributed by atoms with Gasteiger partial charge in [0.25, 0.3) is 0 Å². The predicted molar refractivity (Wildman–Crippen MR) is 65.3 cm³/mol. The van der Waals surface area contributed by atoms with Crippen LogP contribution < -0.4 is 11.1 Å². The Hall–Kier alpha value is -0.920. The topological polar surface area (TPSA) is 82.3 Å². The Balaban J connectivity index is 2.56. The van der Waals surface area contributed by atoms with Gasteiger partial charge in [-0.1, -0.05) is 0 Å². The van der Waals surface area contributed by atoms with Crippen molar-refractivity contribution in [2.75, 3.05) is 38.4 Å². The van der Waals surface area contributed by atoms with E-state index in [0.29, 0.717) is 29.3 Å². The molecule has 0 bridgehead atoms. The molecule has 1 unspecified atom stereocenters. The lowest BCUT2D eigenvalue weighted by molar-refractivity contribution is 0.0365. The molecule has 0 aliphatic carbocycles. The van der Waals surface area contributed by atoms with E-state index in [0.717, 1.165) is 0 Å². The molecule has 0 radical (unpaired) electrons. The fourth-order valence-electron chi connectivity index (χ4n) is 1.11. The summed E-state index contributed by atoms with van der Waals surface area (Å²) < 4.78 is 10.9. The van der Waals surface area contributed by atoms with E-state index in [1.54, 1.807) is 14.2 Å². The van der Waals surface area contributed by atoms with E-state index in [2.05, 4.69) is 31.2 Å². The van der Waals surface area contributed by atoms with Crippen molar-refractivity contribution >= 4 is 27.6 Å². The van der Waals surface area contributed by atoms with Crippen molar-refractivity contribution in [3.63, 3.8) is 0 Å². The number of hydrogen-bond donors (Lipinski definition) is 2.